The molecule has 0 radical (unpaired) electrons. The second kappa shape index (κ2) is 7.65. The minimum Gasteiger partial charge on any atom is -0.345 e. The molecular weight excluding hydrogens is 360 g/mol. The molecule has 1 aromatic rings. The van der Waals surface area contributed by atoms with Gasteiger partial charge in [-0.25, -0.2) is 4.99 Å². The first-order valence-electron chi connectivity index (χ1n) is 9.90. The van der Waals surface area contributed by atoms with E-state index in [0.29, 0.717) is 5.69 Å². The Kier molecular flexibility index (Phi) is 5.06. The van der Waals surface area contributed by atoms with E-state index in [9.17, 15) is 14.4 Å². The molecule has 2 saturated carbocycles. The zero-order valence-corrected chi connectivity index (χ0v) is 15.9. The van der Waals surface area contributed by atoms with Crippen LogP contribution in [0.4, 0.5) is 5.82 Å². The van der Waals surface area contributed by atoms with Gasteiger partial charge in [0.25, 0.3) is 11.9 Å². The summed E-state index contributed by atoms with van der Waals surface area (Å²) in [5, 5.41) is 9.64. The summed E-state index contributed by atoms with van der Waals surface area (Å²) >= 11 is 0. The summed E-state index contributed by atoms with van der Waals surface area (Å²) in [6, 6.07) is 1.68. The Morgan fingerprint density at radius 1 is 1.07 bits per heavy atom. The van der Waals surface area contributed by atoms with E-state index in [1.807, 2.05) is 0 Å². The molecule has 1 aliphatic heterocycles. The number of carbonyl (C=O) groups is 3. The zero-order chi connectivity index (χ0) is 19.7. The van der Waals surface area contributed by atoms with Crippen LogP contribution < -0.4 is 10.6 Å². The van der Waals surface area contributed by atoms with Crippen molar-refractivity contribution < 1.29 is 14.4 Å². The molecule has 3 amide bonds. The molecule has 28 heavy (non-hydrogen) atoms. The molecule has 9 heteroatoms. The quantitative estimate of drug-likeness (QED) is 0.752. The molecule has 9 nitrogen and oxygen atoms in total. The van der Waals surface area contributed by atoms with Crippen molar-refractivity contribution in [3.05, 3.63) is 11.8 Å². The van der Waals surface area contributed by atoms with Crippen molar-refractivity contribution in [3.8, 4) is 0 Å². The molecule has 0 aromatic carbocycles. The molecule has 0 bridgehead atoms. The minimum absolute atomic E-state index is 0.0554. The number of aliphatic imine (C=N–C) groups is 2. The Labute approximate surface area is 162 Å². The lowest BCUT2D eigenvalue weighted by Crippen LogP contribution is -2.41. The summed E-state index contributed by atoms with van der Waals surface area (Å²) in [4.78, 5) is 45.5. The Morgan fingerprint density at radius 3 is 2.61 bits per heavy atom. The SMILES string of the molecule is Cc1cc(NC(=O)C(=O)NC2CCCC2)n(C2=NC(=O)C3CCCCC3=N2)n1. The first-order valence-corrected chi connectivity index (χ1v) is 9.90. The average molecular weight is 384 g/mol. The van der Waals surface area contributed by atoms with E-state index in [2.05, 4.69) is 25.7 Å². The summed E-state index contributed by atoms with van der Waals surface area (Å²) in [6.07, 6.45) is 7.46. The van der Waals surface area contributed by atoms with Crippen molar-refractivity contribution in [3.63, 3.8) is 0 Å². The number of fused-ring (bicyclic) bond motifs is 1. The van der Waals surface area contributed by atoms with E-state index in [1.165, 1.54) is 4.68 Å². The lowest BCUT2D eigenvalue weighted by molar-refractivity contribution is -0.136. The van der Waals surface area contributed by atoms with E-state index in [0.717, 1.165) is 57.1 Å². The average Bonchev–Trinajstić information content (AvgIpc) is 3.31. The van der Waals surface area contributed by atoms with E-state index in [-0.39, 0.29) is 29.6 Å². The maximum atomic E-state index is 12.4. The van der Waals surface area contributed by atoms with Crippen molar-refractivity contribution >= 4 is 35.2 Å². The topological polar surface area (TPSA) is 118 Å². The van der Waals surface area contributed by atoms with Crippen LogP contribution in [0.3, 0.4) is 0 Å². The zero-order valence-electron chi connectivity index (χ0n) is 15.9. The molecule has 1 atom stereocenters. The van der Waals surface area contributed by atoms with Gasteiger partial charge in [-0.3, -0.25) is 14.4 Å². The number of nitrogens with zero attached hydrogens (tertiary/aromatic N) is 4. The predicted molar refractivity (Wildman–Crippen MR) is 103 cm³/mol. The molecule has 2 heterocycles. The van der Waals surface area contributed by atoms with Gasteiger partial charge in [0.15, 0.2) is 0 Å². The number of nitrogens with one attached hydrogen (secondary N) is 2. The molecule has 1 aromatic heterocycles. The maximum Gasteiger partial charge on any atom is 0.314 e. The number of anilines is 1. The number of carbonyl (C=O) groups excluding carboxylic acids is 3. The fourth-order valence-electron chi connectivity index (χ4n) is 4.06. The van der Waals surface area contributed by atoms with E-state index in [1.54, 1.807) is 13.0 Å². The van der Waals surface area contributed by atoms with Crippen molar-refractivity contribution in [1.82, 2.24) is 15.1 Å². The van der Waals surface area contributed by atoms with Crippen LogP contribution >= 0.6 is 0 Å². The summed E-state index contributed by atoms with van der Waals surface area (Å²) < 4.78 is 1.33. The summed E-state index contributed by atoms with van der Waals surface area (Å²) in [6.45, 7) is 1.76. The van der Waals surface area contributed by atoms with E-state index < -0.39 is 11.8 Å². The minimum atomic E-state index is -0.765. The van der Waals surface area contributed by atoms with Gasteiger partial charge in [-0.05, 0) is 39.0 Å². The highest BCUT2D eigenvalue weighted by Crippen LogP contribution is 2.26. The van der Waals surface area contributed by atoms with Gasteiger partial charge in [-0.1, -0.05) is 19.3 Å². The third-order valence-electron chi connectivity index (χ3n) is 5.49. The lowest BCUT2D eigenvalue weighted by Gasteiger charge is -2.24. The summed E-state index contributed by atoms with van der Waals surface area (Å²) in [5.74, 6) is -1.47. The van der Waals surface area contributed by atoms with Gasteiger partial charge in [0.2, 0.25) is 0 Å². The first-order chi connectivity index (χ1) is 13.5. The molecule has 0 spiro atoms. The van der Waals surface area contributed by atoms with Gasteiger partial charge >= 0.3 is 11.8 Å². The van der Waals surface area contributed by atoms with Crippen LogP contribution in [0.5, 0.6) is 0 Å². The van der Waals surface area contributed by atoms with Crippen LogP contribution in [0.1, 0.15) is 57.1 Å². The van der Waals surface area contributed by atoms with Gasteiger partial charge in [0, 0.05) is 17.8 Å². The number of aromatic nitrogens is 2. The van der Waals surface area contributed by atoms with Crippen LogP contribution in [-0.4, -0.2) is 45.2 Å². The lowest BCUT2D eigenvalue weighted by atomic mass is 9.86. The van der Waals surface area contributed by atoms with Gasteiger partial charge < -0.3 is 10.6 Å². The Bertz CT molecular complexity index is 878. The van der Waals surface area contributed by atoms with Crippen molar-refractivity contribution in [2.75, 3.05) is 5.32 Å². The van der Waals surface area contributed by atoms with Crippen LogP contribution in [0, 0.1) is 12.8 Å². The molecule has 0 saturated heterocycles. The molecule has 4 rings (SSSR count). The highest BCUT2D eigenvalue weighted by molar-refractivity contribution is 6.39. The van der Waals surface area contributed by atoms with Gasteiger partial charge in [0.1, 0.15) is 5.82 Å². The first kappa shape index (κ1) is 18.5. The Balaban J connectivity index is 1.52. The van der Waals surface area contributed by atoms with Crippen LogP contribution in [-0.2, 0) is 14.4 Å². The monoisotopic (exact) mass is 384 g/mol. The molecule has 2 aliphatic carbocycles. The number of hydrogen-bond donors (Lipinski definition) is 2. The van der Waals surface area contributed by atoms with Gasteiger partial charge in [-0.2, -0.15) is 14.8 Å². The predicted octanol–water partition coefficient (Wildman–Crippen LogP) is 1.56. The Hall–Kier alpha value is -2.84. The Morgan fingerprint density at radius 2 is 1.82 bits per heavy atom. The molecule has 2 fully saturated rings. The molecule has 1 unspecified atom stereocenters. The molecule has 3 aliphatic rings. The van der Waals surface area contributed by atoms with Crippen molar-refractivity contribution in [2.24, 2.45) is 15.9 Å². The molecule has 148 valence electrons. The number of aryl methyl sites for hydroxylation is 1. The standard InChI is InChI=1S/C19H24N6O3/c1-11-10-15(22-18(28)17(27)20-12-6-2-3-7-12)25(24-11)19-21-14-9-5-4-8-13(14)16(26)23-19/h10,12-13H,2-9H2,1H3,(H,20,27)(H,22,28). The normalized spacial score (nSPS) is 22.3. The summed E-state index contributed by atoms with van der Waals surface area (Å²) in [7, 11) is 0. The highest BCUT2D eigenvalue weighted by Gasteiger charge is 2.32. The van der Waals surface area contributed by atoms with Crippen molar-refractivity contribution in [2.45, 2.75) is 64.3 Å². The maximum absolute atomic E-state index is 12.4. The van der Waals surface area contributed by atoms with Gasteiger partial charge in [-0.15, -0.1) is 0 Å². The van der Waals surface area contributed by atoms with Gasteiger partial charge in [0.05, 0.1) is 11.6 Å². The summed E-state index contributed by atoms with van der Waals surface area (Å²) in [5.41, 5.74) is 1.44. The second-order valence-electron chi connectivity index (χ2n) is 7.64. The van der Waals surface area contributed by atoms with E-state index in [4.69, 9.17) is 0 Å². The molecule has 2 N–H and O–H groups in total. The number of amides is 3. The fraction of sp³-hybridized carbons (Fsp3) is 0.579. The van der Waals surface area contributed by atoms with Crippen molar-refractivity contribution in [1.29, 1.82) is 0 Å². The van der Waals surface area contributed by atoms with Crippen LogP contribution in [0.25, 0.3) is 0 Å². The van der Waals surface area contributed by atoms with E-state index >= 15 is 0 Å². The number of hydrogen-bond acceptors (Lipinski definition) is 5. The van der Waals surface area contributed by atoms with Crippen LogP contribution in [0.15, 0.2) is 16.1 Å². The van der Waals surface area contributed by atoms with Crippen LogP contribution in [0.2, 0.25) is 0 Å². The molecular formula is C19H24N6O3. The second-order valence-corrected chi connectivity index (χ2v) is 7.64. The number of rotatable bonds is 2. The third kappa shape index (κ3) is 3.74. The smallest absolute Gasteiger partial charge is 0.314 e. The third-order valence-corrected chi connectivity index (χ3v) is 5.49. The largest absolute Gasteiger partial charge is 0.345 e. The highest BCUT2D eigenvalue weighted by atomic mass is 16.2. The fourth-order valence-corrected chi connectivity index (χ4v) is 4.06.